The number of Topliss-reactive ketones (excluding diaryl/α,β-unsaturated/α-hetero) is 1. The van der Waals surface area contributed by atoms with Gasteiger partial charge >= 0.3 is 5.97 Å². The molecule has 2 aromatic rings. The molecule has 2 aromatic carbocycles. The third kappa shape index (κ3) is 4.23. The summed E-state index contributed by atoms with van der Waals surface area (Å²) in [6.07, 6.45) is 1.49. The fourth-order valence-corrected chi connectivity index (χ4v) is 3.49. The zero-order valence-corrected chi connectivity index (χ0v) is 16.3. The summed E-state index contributed by atoms with van der Waals surface area (Å²) in [5.74, 6) is -0.357. The summed E-state index contributed by atoms with van der Waals surface area (Å²) in [6.45, 7) is 5.55. The van der Waals surface area contributed by atoms with Crippen LogP contribution in [0.15, 0.2) is 42.5 Å². The van der Waals surface area contributed by atoms with Gasteiger partial charge in [-0.2, -0.15) is 5.26 Å². The van der Waals surface area contributed by atoms with Gasteiger partial charge in [0.15, 0.2) is 5.78 Å². The largest absolute Gasteiger partial charge is 0.462 e. The first-order valence-corrected chi connectivity index (χ1v) is 9.59. The van der Waals surface area contributed by atoms with Crippen LogP contribution >= 0.6 is 0 Å². The van der Waals surface area contributed by atoms with E-state index in [1.165, 1.54) is 0 Å². The second-order valence-corrected chi connectivity index (χ2v) is 7.25. The normalized spacial score (nSPS) is 12.6. The molecule has 0 unspecified atom stereocenters. The lowest BCUT2D eigenvalue weighted by Gasteiger charge is -2.21. The van der Waals surface area contributed by atoms with Gasteiger partial charge < -0.3 is 9.64 Å². The highest BCUT2D eigenvalue weighted by Crippen LogP contribution is 2.33. The number of hydrogen-bond donors (Lipinski definition) is 0. The summed E-state index contributed by atoms with van der Waals surface area (Å²) < 4.78 is 5.33. The highest BCUT2D eigenvalue weighted by Gasteiger charge is 2.25. The predicted octanol–water partition coefficient (Wildman–Crippen LogP) is 4.01. The predicted molar refractivity (Wildman–Crippen MR) is 108 cm³/mol. The molecule has 0 N–H and O–H groups in total. The van der Waals surface area contributed by atoms with Gasteiger partial charge in [-0.15, -0.1) is 0 Å². The Balaban J connectivity index is 1.62. The Morgan fingerprint density at radius 1 is 1.18 bits per heavy atom. The Labute approximate surface area is 165 Å². The van der Waals surface area contributed by atoms with Crippen LogP contribution in [-0.4, -0.2) is 31.4 Å². The summed E-state index contributed by atoms with van der Waals surface area (Å²) in [5, 5.41) is 9.58. The van der Waals surface area contributed by atoms with Crippen LogP contribution in [0, 0.1) is 17.2 Å². The molecule has 1 aliphatic rings. The number of nitrogens with zero attached hydrogens (tertiary/aromatic N) is 2. The molecule has 0 amide bonds. The highest BCUT2D eigenvalue weighted by atomic mass is 16.5. The van der Waals surface area contributed by atoms with Crippen molar-refractivity contribution in [1.29, 1.82) is 5.26 Å². The van der Waals surface area contributed by atoms with E-state index in [1.807, 2.05) is 26.0 Å². The fraction of sp³-hybridized carbons (Fsp3) is 0.348. The molecule has 3 rings (SSSR count). The molecule has 0 atom stereocenters. The van der Waals surface area contributed by atoms with Crippen LogP contribution in [0.25, 0.3) is 0 Å². The van der Waals surface area contributed by atoms with Crippen molar-refractivity contribution in [2.75, 3.05) is 24.6 Å². The first-order chi connectivity index (χ1) is 13.5. The van der Waals surface area contributed by atoms with Crippen LogP contribution in [0.4, 0.5) is 5.69 Å². The maximum Gasteiger partial charge on any atom is 0.338 e. The third-order valence-electron chi connectivity index (χ3n) is 4.90. The Bertz CT molecular complexity index is 913. The molecule has 1 aliphatic heterocycles. The molecule has 0 radical (unpaired) electrons. The summed E-state index contributed by atoms with van der Waals surface area (Å²) in [7, 11) is 0. The third-order valence-corrected chi connectivity index (χ3v) is 4.90. The quantitative estimate of drug-likeness (QED) is 0.415. The maximum absolute atomic E-state index is 12.3. The van der Waals surface area contributed by atoms with Crippen molar-refractivity contribution in [1.82, 2.24) is 0 Å². The minimum absolute atomic E-state index is 0.0607. The van der Waals surface area contributed by atoms with Gasteiger partial charge in [-0.05, 0) is 42.7 Å². The van der Waals surface area contributed by atoms with Crippen molar-refractivity contribution >= 4 is 17.4 Å². The van der Waals surface area contributed by atoms with Crippen molar-refractivity contribution in [3.8, 4) is 6.07 Å². The molecule has 0 spiro atoms. The SMILES string of the molecule is CC(C)C(=O)c1cc(C#N)c2c(c1)CCN2CCCOC(=O)c1ccccc1. The second-order valence-electron chi connectivity index (χ2n) is 7.25. The number of benzene rings is 2. The van der Waals surface area contributed by atoms with Crippen molar-refractivity contribution in [3.63, 3.8) is 0 Å². The van der Waals surface area contributed by atoms with Gasteiger partial charge in [0.25, 0.3) is 0 Å². The van der Waals surface area contributed by atoms with E-state index in [1.54, 1.807) is 30.3 Å². The summed E-state index contributed by atoms with van der Waals surface area (Å²) >= 11 is 0. The average Bonchev–Trinajstić information content (AvgIpc) is 3.13. The molecule has 5 heteroatoms. The fourth-order valence-electron chi connectivity index (χ4n) is 3.49. The van der Waals surface area contributed by atoms with Crippen LogP contribution in [0.5, 0.6) is 0 Å². The summed E-state index contributed by atoms with van der Waals surface area (Å²) in [5.41, 5.74) is 3.66. The van der Waals surface area contributed by atoms with E-state index in [9.17, 15) is 14.9 Å². The number of carbonyl (C=O) groups is 2. The first-order valence-electron chi connectivity index (χ1n) is 9.59. The van der Waals surface area contributed by atoms with E-state index in [0.717, 1.165) is 24.2 Å². The van der Waals surface area contributed by atoms with E-state index in [0.29, 0.717) is 36.3 Å². The standard InChI is InChI=1S/C23H24N2O3/c1-16(2)22(26)19-13-18-9-11-25(21(18)20(14-19)15-24)10-6-12-28-23(27)17-7-4-3-5-8-17/h3-5,7-8,13-14,16H,6,9-12H2,1-2H3. The van der Waals surface area contributed by atoms with E-state index in [2.05, 4.69) is 11.0 Å². The minimum Gasteiger partial charge on any atom is -0.462 e. The number of fused-ring (bicyclic) bond motifs is 1. The van der Waals surface area contributed by atoms with Crippen LogP contribution < -0.4 is 4.90 Å². The molecule has 144 valence electrons. The number of rotatable bonds is 7. The highest BCUT2D eigenvalue weighted by molar-refractivity contribution is 5.99. The molecule has 5 nitrogen and oxygen atoms in total. The monoisotopic (exact) mass is 376 g/mol. The Morgan fingerprint density at radius 2 is 1.93 bits per heavy atom. The van der Waals surface area contributed by atoms with Gasteiger partial charge in [0.1, 0.15) is 6.07 Å². The lowest BCUT2D eigenvalue weighted by Crippen LogP contribution is -2.24. The average molecular weight is 376 g/mol. The van der Waals surface area contributed by atoms with Gasteiger partial charge in [0.2, 0.25) is 0 Å². The summed E-state index contributed by atoms with van der Waals surface area (Å²) in [4.78, 5) is 26.4. The topological polar surface area (TPSA) is 70.4 Å². The number of carbonyl (C=O) groups excluding carboxylic acids is 2. The van der Waals surface area contributed by atoms with E-state index < -0.39 is 0 Å². The Morgan fingerprint density at radius 3 is 2.61 bits per heavy atom. The van der Waals surface area contributed by atoms with Crippen LogP contribution in [0.3, 0.4) is 0 Å². The van der Waals surface area contributed by atoms with Gasteiger partial charge in [0.05, 0.1) is 23.4 Å². The second kappa shape index (κ2) is 8.71. The Kier molecular flexibility index (Phi) is 6.10. The van der Waals surface area contributed by atoms with Crippen molar-refractivity contribution in [2.24, 2.45) is 5.92 Å². The molecule has 0 fully saturated rings. The molecule has 28 heavy (non-hydrogen) atoms. The maximum atomic E-state index is 12.3. The van der Waals surface area contributed by atoms with E-state index in [-0.39, 0.29) is 17.7 Å². The molecule has 0 aromatic heterocycles. The van der Waals surface area contributed by atoms with E-state index >= 15 is 0 Å². The molecule has 1 heterocycles. The van der Waals surface area contributed by atoms with Gasteiger partial charge in [-0.1, -0.05) is 32.0 Å². The van der Waals surface area contributed by atoms with Crippen molar-refractivity contribution in [2.45, 2.75) is 26.7 Å². The molecule has 0 saturated carbocycles. The lowest BCUT2D eigenvalue weighted by molar-refractivity contribution is 0.0502. The molecule has 0 bridgehead atoms. The number of hydrogen-bond acceptors (Lipinski definition) is 5. The minimum atomic E-state index is -0.322. The van der Waals surface area contributed by atoms with Crippen LogP contribution in [0.2, 0.25) is 0 Å². The zero-order chi connectivity index (χ0) is 20.1. The number of ketones is 1. The number of anilines is 1. The molecule has 0 saturated heterocycles. The van der Waals surface area contributed by atoms with Crippen molar-refractivity contribution in [3.05, 3.63) is 64.7 Å². The van der Waals surface area contributed by atoms with Gasteiger partial charge in [-0.25, -0.2) is 4.79 Å². The van der Waals surface area contributed by atoms with Crippen LogP contribution in [-0.2, 0) is 11.2 Å². The molecule has 0 aliphatic carbocycles. The number of ether oxygens (including phenoxy) is 1. The molecular formula is C23H24N2O3. The van der Waals surface area contributed by atoms with Crippen molar-refractivity contribution < 1.29 is 14.3 Å². The summed E-state index contributed by atoms with van der Waals surface area (Å²) in [6, 6.07) is 14.8. The smallest absolute Gasteiger partial charge is 0.338 e. The lowest BCUT2D eigenvalue weighted by atomic mass is 9.96. The van der Waals surface area contributed by atoms with E-state index in [4.69, 9.17) is 4.74 Å². The van der Waals surface area contributed by atoms with Crippen LogP contribution in [0.1, 0.15) is 52.1 Å². The number of esters is 1. The van der Waals surface area contributed by atoms with Gasteiger partial charge in [0, 0.05) is 24.6 Å². The Hall–Kier alpha value is -3.13. The van der Waals surface area contributed by atoms with Gasteiger partial charge in [-0.3, -0.25) is 4.79 Å². The molecular weight excluding hydrogens is 352 g/mol. The first kappa shape index (κ1) is 19.6. The zero-order valence-electron chi connectivity index (χ0n) is 16.3. The number of nitriles is 1.